The minimum absolute atomic E-state index is 0.0616. The highest BCUT2D eigenvalue weighted by Crippen LogP contribution is 2.49. The van der Waals surface area contributed by atoms with Gasteiger partial charge in [-0.1, -0.05) is 12.8 Å². The molecule has 2 aliphatic rings. The highest BCUT2D eigenvalue weighted by molar-refractivity contribution is 9.10. The van der Waals surface area contributed by atoms with Crippen LogP contribution in [0.15, 0.2) is 16.9 Å². The molecule has 78 valence electrons. The van der Waals surface area contributed by atoms with Gasteiger partial charge in [-0.15, -0.1) is 0 Å². The van der Waals surface area contributed by atoms with Gasteiger partial charge in [-0.2, -0.15) is 0 Å². The summed E-state index contributed by atoms with van der Waals surface area (Å²) >= 11 is 3.44. The van der Waals surface area contributed by atoms with Crippen molar-refractivity contribution in [3.05, 3.63) is 28.0 Å². The van der Waals surface area contributed by atoms with Crippen LogP contribution in [0.4, 0.5) is 0 Å². The Labute approximate surface area is 97.2 Å². The van der Waals surface area contributed by atoms with Crippen molar-refractivity contribution in [3.8, 4) is 0 Å². The molecule has 0 radical (unpaired) electrons. The third-order valence-corrected chi connectivity index (χ3v) is 4.49. The van der Waals surface area contributed by atoms with Crippen molar-refractivity contribution in [3.63, 3.8) is 0 Å². The highest BCUT2D eigenvalue weighted by atomic mass is 79.9. The maximum atomic E-state index is 12.3. The average molecular weight is 266 g/mol. The van der Waals surface area contributed by atoms with Crippen molar-refractivity contribution >= 4 is 21.7 Å². The number of nitrogens with zero attached hydrogens (tertiary/aromatic N) is 1. The number of halogens is 1. The zero-order valence-corrected chi connectivity index (χ0v) is 10.0. The summed E-state index contributed by atoms with van der Waals surface area (Å²) in [6.45, 7) is 0. The first-order valence-electron chi connectivity index (χ1n) is 5.41. The molecule has 0 bridgehead atoms. The van der Waals surface area contributed by atoms with Crippen LogP contribution in [0.5, 0.6) is 0 Å². The van der Waals surface area contributed by atoms with E-state index in [0.29, 0.717) is 5.78 Å². The lowest BCUT2D eigenvalue weighted by atomic mass is 9.82. The molecule has 1 fully saturated rings. The van der Waals surface area contributed by atoms with Crippen LogP contribution in [0.2, 0.25) is 0 Å². The van der Waals surface area contributed by atoms with Crippen molar-refractivity contribution in [1.29, 1.82) is 0 Å². The van der Waals surface area contributed by atoms with Gasteiger partial charge in [-0.25, -0.2) is 4.98 Å². The number of rotatable bonds is 0. The summed E-state index contributed by atoms with van der Waals surface area (Å²) < 4.78 is 0.858. The van der Waals surface area contributed by atoms with E-state index in [2.05, 4.69) is 20.9 Å². The molecule has 0 amide bonds. The summed E-state index contributed by atoms with van der Waals surface area (Å²) in [7, 11) is 0. The van der Waals surface area contributed by atoms with Crippen molar-refractivity contribution in [2.45, 2.75) is 32.1 Å². The molecule has 0 aromatic carbocycles. The predicted molar refractivity (Wildman–Crippen MR) is 60.9 cm³/mol. The minimum atomic E-state index is -0.0616. The number of Topliss-reactive ketones (excluding diaryl/α,β-unsaturated/α-hetero) is 1. The largest absolute Gasteiger partial charge is 0.294 e. The van der Waals surface area contributed by atoms with E-state index in [4.69, 9.17) is 0 Å². The number of aromatic nitrogens is 1. The molecule has 15 heavy (non-hydrogen) atoms. The van der Waals surface area contributed by atoms with E-state index in [1.165, 1.54) is 12.8 Å². The normalized spacial score (nSPS) is 22.3. The molecule has 1 aromatic heterocycles. The summed E-state index contributed by atoms with van der Waals surface area (Å²) in [4.78, 5) is 16.5. The van der Waals surface area contributed by atoms with Crippen LogP contribution >= 0.6 is 15.9 Å². The van der Waals surface area contributed by atoms with Crippen molar-refractivity contribution in [2.24, 2.45) is 5.41 Å². The van der Waals surface area contributed by atoms with Crippen LogP contribution in [-0.2, 0) is 6.42 Å². The Kier molecular flexibility index (Phi) is 2.00. The summed E-state index contributed by atoms with van der Waals surface area (Å²) in [6, 6.07) is 1.87. The molecule has 0 unspecified atom stereocenters. The first kappa shape index (κ1) is 9.52. The number of ketones is 1. The van der Waals surface area contributed by atoms with E-state index in [0.717, 1.165) is 35.0 Å². The molecule has 1 saturated carbocycles. The van der Waals surface area contributed by atoms with E-state index in [1.54, 1.807) is 6.20 Å². The Hall–Kier alpha value is -0.700. The van der Waals surface area contributed by atoms with Gasteiger partial charge in [-0.3, -0.25) is 4.79 Å². The average Bonchev–Trinajstić information content (AvgIpc) is 2.79. The molecule has 0 saturated heterocycles. The van der Waals surface area contributed by atoms with Crippen molar-refractivity contribution in [2.75, 3.05) is 0 Å². The second kappa shape index (κ2) is 3.14. The molecule has 3 rings (SSSR count). The Balaban J connectivity index is 2.12. The number of hydrogen-bond donors (Lipinski definition) is 0. The fraction of sp³-hybridized carbons (Fsp3) is 0.500. The minimum Gasteiger partial charge on any atom is -0.294 e. The van der Waals surface area contributed by atoms with E-state index >= 15 is 0 Å². The van der Waals surface area contributed by atoms with Gasteiger partial charge in [0.05, 0.1) is 0 Å². The molecule has 1 spiro atoms. The fourth-order valence-corrected chi connectivity index (χ4v) is 3.48. The van der Waals surface area contributed by atoms with Crippen molar-refractivity contribution in [1.82, 2.24) is 4.98 Å². The van der Waals surface area contributed by atoms with Gasteiger partial charge in [0, 0.05) is 17.2 Å². The van der Waals surface area contributed by atoms with Crippen LogP contribution < -0.4 is 0 Å². The number of pyridine rings is 1. The number of carbonyl (C=O) groups excluding carboxylic acids is 1. The molecule has 2 aliphatic carbocycles. The van der Waals surface area contributed by atoms with Gasteiger partial charge in [-0.05, 0) is 46.8 Å². The third-order valence-electron chi connectivity index (χ3n) is 3.81. The van der Waals surface area contributed by atoms with E-state index in [-0.39, 0.29) is 5.41 Å². The van der Waals surface area contributed by atoms with Gasteiger partial charge in [0.1, 0.15) is 4.60 Å². The smallest absolute Gasteiger partial charge is 0.169 e. The molecule has 0 aliphatic heterocycles. The molecule has 0 atom stereocenters. The molecule has 3 heteroatoms. The zero-order valence-electron chi connectivity index (χ0n) is 8.42. The van der Waals surface area contributed by atoms with Gasteiger partial charge in [0.2, 0.25) is 0 Å². The maximum Gasteiger partial charge on any atom is 0.169 e. The van der Waals surface area contributed by atoms with Crippen molar-refractivity contribution < 1.29 is 4.79 Å². The van der Waals surface area contributed by atoms with Gasteiger partial charge in [0.25, 0.3) is 0 Å². The summed E-state index contributed by atoms with van der Waals surface area (Å²) in [5.41, 5.74) is 1.97. The number of hydrogen-bond acceptors (Lipinski definition) is 2. The van der Waals surface area contributed by atoms with Gasteiger partial charge >= 0.3 is 0 Å². The monoisotopic (exact) mass is 265 g/mol. The van der Waals surface area contributed by atoms with Gasteiger partial charge in [0.15, 0.2) is 5.78 Å². The first-order chi connectivity index (χ1) is 7.23. The second-order valence-electron chi connectivity index (χ2n) is 4.62. The van der Waals surface area contributed by atoms with E-state index in [9.17, 15) is 4.79 Å². The molecule has 1 heterocycles. The fourth-order valence-electron chi connectivity index (χ4n) is 3.01. The Bertz CT molecular complexity index is 435. The Morgan fingerprint density at radius 3 is 2.73 bits per heavy atom. The molecule has 0 N–H and O–H groups in total. The highest BCUT2D eigenvalue weighted by Gasteiger charge is 2.47. The van der Waals surface area contributed by atoms with Crippen LogP contribution in [0.25, 0.3) is 0 Å². The van der Waals surface area contributed by atoms with Crippen LogP contribution in [0.1, 0.15) is 41.6 Å². The summed E-state index contributed by atoms with van der Waals surface area (Å²) in [6.07, 6.45) is 7.14. The number of fused-ring (bicyclic) bond motifs is 1. The van der Waals surface area contributed by atoms with Crippen LogP contribution in [-0.4, -0.2) is 10.8 Å². The molecular formula is C12H12BrNO. The quantitative estimate of drug-likeness (QED) is 0.675. The standard InChI is InChI=1S/C12H12BrNO/c13-11-9-7-12(4-1-2-5-12)10(15)8(9)3-6-14-11/h3,6H,1-2,4-5,7H2. The zero-order chi connectivity index (χ0) is 10.5. The molecule has 2 nitrogen and oxygen atoms in total. The third kappa shape index (κ3) is 1.22. The SMILES string of the molecule is O=C1c2ccnc(Br)c2CC12CCCC2. The lowest BCUT2D eigenvalue weighted by Crippen LogP contribution is -2.23. The predicted octanol–water partition coefficient (Wildman–Crippen LogP) is 3.14. The lowest BCUT2D eigenvalue weighted by Gasteiger charge is -2.19. The summed E-state index contributed by atoms with van der Waals surface area (Å²) in [5.74, 6) is 0.359. The van der Waals surface area contributed by atoms with E-state index < -0.39 is 0 Å². The Morgan fingerprint density at radius 2 is 2.07 bits per heavy atom. The van der Waals surface area contributed by atoms with Crippen LogP contribution in [0, 0.1) is 5.41 Å². The second-order valence-corrected chi connectivity index (χ2v) is 5.37. The summed E-state index contributed by atoms with van der Waals surface area (Å²) in [5, 5.41) is 0. The lowest BCUT2D eigenvalue weighted by molar-refractivity contribution is 0.0827. The molecular weight excluding hydrogens is 254 g/mol. The Morgan fingerprint density at radius 1 is 1.33 bits per heavy atom. The van der Waals surface area contributed by atoms with E-state index in [1.807, 2.05) is 6.07 Å². The first-order valence-corrected chi connectivity index (χ1v) is 6.20. The van der Waals surface area contributed by atoms with Crippen LogP contribution in [0.3, 0.4) is 0 Å². The molecule has 1 aromatic rings. The topological polar surface area (TPSA) is 30.0 Å². The number of carbonyl (C=O) groups is 1. The maximum absolute atomic E-state index is 12.3. The van der Waals surface area contributed by atoms with Gasteiger partial charge < -0.3 is 0 Å².